The summed E-state index contributed by atoms with van der Waals surface area (Å²) < 4.78 is 7.04. The normalized spacial score (nSPS) is 23.8. The molecule has 1 saturated heterocycles. The summed E-state index contributed by atoms with van der Waals surface area (Å²) in [6.07, 6.45) is 1.89. The average molecular weight is 456 g/mol. The molecule has 2 aromatic rings. The van der Waals surface area contributed by atoms with Gasteiger partial charge >= 0.3 is 0 Å². The summed E-state index contributed by atoms with van der Waals surface area (Å²) in [5.74, 6) is 0.106. The van der Waals surface area contributed by atoms with Gasteiger partial charge in [-0.25, -0.2) is 9.67 Å². The van der Waals surface area contributed by atoms with Crippen LogP contribution in [-0.2, 0) is 9.53 Å². The van der Waals surface area contributed by atoms with Gasteiger partial charge in [0.2, 0.25) is 5.91 Å². The van der Waals surface area contributed by atoms with Crippen LogP contribution in [0.2, 0.25) is 15.2 Å². The molecule has 0 aliphatic carbocycles. The fourth-order valence-corrected chi connectivity index (χ4v) is 4.76. The number of hydrogen-bond acceptors (Lipinski definition) is 4. The second kappa shape index (κ2) is 8.26. The number of halogens is 3. The predicted octanol–water partition coefficient (Wildman–Crippen LogP) is 4.79. The summed E-state index contributed by atoms with van der Waals surface area (Å²) in [4.78, 5) is 20.2. The Labute approximate surface area is 184 Å². The molecule has 0 radical (unpaired) electrons. The number of carbonyl (C=O) groups is 1. The summed E-state index contributed by atoms with van der Waals surface area (Å²) in [5.41, 5.74) is 1.55. The number of benzene rings is 1. The maximum Gasteiger partial charge on any atom is 0.234 e. The zero-order valence-corrected chi connectivity index (χ0v) is 18.4. The molecule has 0 bridgehead atoms. The Morgan fingerprint density at radius 3 is 2.76 bits per heavy atom. The number of hydrogen-bond donors (Lipinski definition) is 0. The molecule has 1 fully saturated rings. The first-order valence-corrected chi connectivity index (χ1v) is 10.6. The van der Waals surface area contributed by atoms with Crippen molar-refractivity contribution in [3.8, 4) is 0 Å². The lowest BCUT2D eigenvalue weighted by molar-refractivity contribution is -0.136. The van der Waals surface area contributed by atoms with Crippen LogP contribution in [0.1, 0.15) is 31.4 Å². The Morgan fingerprint density at radius 2 is 2.03 bits per heavy atom. The van der Waals surface area contributed by atoms with Crippen LogP contribution in [0.4, 0.5) is 5.82 Å². The van der Waals surface area contributed by atoms with E-state index in [0.717, 1.165) is 24.1 Å². The molecule has 1 amide bonds. The molecule has 9 heteroatoms. The van der Waals surface area contributed by atoms with E-state index in [1.807, 2.05) is 17.9 Å². The standard InChI is InChI=1S/C20H21Cl3N4O2/c1-11-18(20(28)26-7-3-4-13(26)10-29-2)19(12-5-6-14(21)15(22)8-12)27-17(24-11)9-16(23)25-27/h5-6,8-9,13,18-19H,3-4,7,10H2,1-2H3/t13-,18?,19?/m0/s1. The lowest BCUT2D eigenvalue weighted by Crippen LogP contribution is -2.47. The van der Waals surface area contributed by atoms with Crippen molar-refractivity contribution in [3.05, 3.63) is 45.0 Å². The third-order valence-electron chi connectivity index (χ3n) is 5.58. The van der Waals surface area contributed by atoms with E-state index in [1.54, 1.807) is 30.0 Å². The first-order chi connectivity index (χ1) is 13.9. The number of fused-ring (bicyclic) bond motifs is 1. The lowest BCUT2D eigenvalue weighted by Gasteiger charge is -2.35. The summed E-state index contributed by atoms with van der Waals surface area (Å²) in [7, 11) is 1.66. The smallest absolute Gasteiger partial charge is 0.234 e. The van der Waals surface area contributed by atoms with Crippen LogP contribution in [0.25, 0.3) is 0 Å². The number of amides is 1. The van der Waals surface area contributed by atoms with Crippen LogP contribution in [0.3, 0.4) is 0 Å². The molecule has 2 aliphatic heterocycles. The van der Waals surface area contributed by atoms with Crippen molar-refractivity contribution in [1.82, 2.24) is 14.7 Å². The number of carbonyl (C=O) groups excluding carboxylic acids is 1. The number of nitrogens with zero attached hydrogens (tertiary/aromatic N) is 4. The molecule has 29 heavy (non-hydrogen) atoms. The van der Waals surface area contributed by atoms with Crippen molar-refractivity contribution in [3.63, 3.8) is 0 Å². The zero-order chi connectivity index (χ0) is 20.7. The highest BCUT2D eigenvalue weighted by Crippen LogP contribution is 2.40. The molecular formula is C20H21Cl3N4O2. The van der Waals surface area contributed by atoms with E-state index in [-0.39, 0.29) is 11.9 Å². The minimum absolute atomic E-state index is 0.0131. The van der Waals surface area contributed by atoms with Gasteiger partial charge in [0.05, 0.1) is 28.7 Å². The molecule has 3 atom stereocenters. The van der Waals surface area contributed by atoms with Crippen LogP contribution in [-0.4, -0.2) is 52.6 Å². The molecular weight excluding hydrogens is 435 g/mol. The van der Waals surface area contributed by atoms with Gasteiger partial charge in [0.1, 0.15) is 5.92 Å². The van der Waals surface area contributed by atoms with Gasteiger partial charge in [-0.3, -0.25) is 4.79 Å². The summed E-state index contributed by atoms with van der Waals surface area (Å²) in [6.45, 7) is 3.10. The fraction of sp³-hybridized carbons (Fsp3) is 0.450. The van der Waals surface area contributed by atoms with E-state index in [9.17, 15) is 4.79 Å². The van der Waals surface area contributed by atoms with E-state index < -0.39 is 12.0 Å². The molecule has 0 N–H and O–H groups in total. The highest BCUT2D eigenvalue weighted by Gasteiger charge is 2.43. The van der Waals surface area contributed by atoms with Gasteiger partial charge in [-0.15, -0.1) is 0 Å². The number of aromatic nitrogens is 2. The van der Waals surface area contributed by atoms with Crippen molar-refractivity contribution >= 4 is 52.2 Å². The SMILES string of the molecule is COC[C@@H]1CCCN1C(=O)C1C(C)=Nc2cc(Cl)nn2C1c1ccc(Cl)c(Cl)c1. The number of ether oxygens (including phenoxy) is 1. The molecule has 2 aliphatic rings. The minimum Gasteiger partial charge on any atom is -0.383 e. The van der Waals surface area contributed by atoms with Crippen molar-refractivity contribution in [2.75, 3.05) is 20.3 Å². The molecule has 2 unspecified atom stereocenters. The molecule has 6 nitrogen and oxygen atoms in total. The maximum absolute atomic E-state index is 13.7. The predicted molar refractivity (Wildman–Crippen MR) is 115 cm³/mol. The Balaban J connectivity index is 1.79. The first-order valence-electron chi connectivity index (χ1n) is 9.45. The van der Waals surface area contributed by atoms with Gasteiger partial charge in [0, 0.05) is 25.4 Å². The zero-order valence-electron chi connectivity index (χ0n) is 16.1. The second-order valence-electron chi connectivity index (χ2n) is 7.40. The minimum atomic E-state index is -0.520. The van der Waals surface area contributed by atoms with Gasteiger partial charge in [0.25, 0.3) is 0 Å². The van der Waals surface area contributed by atoms with Crippen LogP contribution in [0.5, 0.6) is 0 Å². The van der Waals surface area contributed by atoms with Gasteiger partial charge in [0.15, 0.2) is 11.0 Å². The van der Waals surface area contributed by atoms with E-state index in [0.29, 0.717) is 34.2 Å². The molecule has 1 aromatic carbocycles. The van der Waals surface area contributed by atoms with E-state index in [1.165, 1.54) is 0 Å². The van der Waals surface area contributed by atoms with Gasteiger partial charge in [-0.1, -0.05) is 40.9 Å². The van der Waals surface area contributed by atoms with Crippen LogP contribution >= 0.6 is 34.8 Å². The maximum atomic E-state index is 13.7. The third-order valence-corrected chi connectivity index (χ3v) is 6.50. The summed E-state index contributed by atoms with van der Waals surface area (Å²) in [5, 5.41) is 5.62. The highest BCUT2D eigenvalue weighted by molar-refractivity contribution is 6.42. The molecule has 0 saturated carbocycles. The van der Waals surface area contributed by atoms with E-state index >= 15 is 0 Å². The van der Waals surface area contributed by atoms with Crippen LogP contribution in [0.15, 0.2) is 29.3 Å². The average Bonchev–Trinajstić information content (AvgIpc) is 3.28. The van der Waals surface area contributed by atoms with Crippen molar-refractivity contribution in [2.24, 2.45) is 10.9 Å². The lowest BCUT2D eigenvalue weighted by atomic mass is 9.87. The van der Waals surface area contributed by atoms with Crippen molar-refractivity contribution in [1.29, 1.82) is 0 Å². The topological polar surface area (TPSA) is 59.7 Å². The van der Waals surface area contributed by atoms with Crippen molar-refractivity contribution < 1.29 is 9.53 Å². The molecule has 0 spiro atoms. The number of rotatable bonds is 4. The largest absolute Gasteiger partial charge is 0.383 e. The van der Waals surface area contributed by atoms with Crippen molar-refractivity contribution in [2.45, 2.75) is 31.8 Å². The summed E-state index contributed by atoms with van der Waals surface area (Å²) in [6, 6.07) is 6.73. The Morgan fingerprint density at radius 1 is 1.24 bits per heavy atom. The Kier molecular flexibility index (Phi) is 5.89. The molecule has 3 heterocycles. The van der Waals surface area contributed by atoms with E-state index in [4.69, 9.17) is 39.5 Å². The third kappa shape index (κ3) is 3.79. The Bertz CT molecular complexity index is 975. The highest BCUT2D eigenvalue weighted by atomic mass is 35.5. The quantitative estimate of drug-likeness (QED) is 0.666. The van der Waals surface area contributed by atoms with Crippen LogP contribution in [0, 0.1) is 5.92 Å². The van der Waals surface area contributed by atoms with Gasteiger partial charge in [-0.05, 0) is 37.5 Å². The van der Waals surface area contributed by atoms with Crippen LogP contribution < -0.4 is 0 Å². The Hall–Kier alpha value is -1.60. The number of aliphatic imine (C=N–C) groups is 1. The number of likely N-dealkylation sites (tertiary alicyclic amines) is 1. The molecule has 154 valence electrons. The van der Waals surface area contributed by atoms with Gasteiger partial charge < -0.3 is 9.64 Å². The first kappa shape index (κ1) is 20.7. The monoisotopic (exact) mass is 454 g/mol. The van der Waals surface area contributed by atoms with Gasteiger partial charge in [-0.2, -0.15) is 5.10 Å². The summed E-state index contributed by atoms with van der Waals surface area (Å²) >= 11 is 18.6. The fourth-order valence-electron chi connectivity index (χ4n) is 4.28. The molecule has 1 aromatic heterocycles. The second-order valence-corrected chi connectivity index (χ2v) is 8.60. The van der Waals surface area contributed by atoms with E-state index in [2.05, 4.69) is 10.1 Å². The molecule has 4 rings (SSSR count). The number of methoxy groups -OCH3 is 1.